The molecular weight excluding hydrogens is 404 g/mol. The van der Waals surface area contributed by atoms with Crippen molar-refractivity contribution >= 4 is 16.8 Å². The molecule has 1 amide bonds. The number of hydrogen-bond donors (Lipinski definition) is 0. The fourth-order valence-corrected chi connectivity index (χ4v) is 4.44. The average molecular weight is 435 g/mol. The minimum absolute atomic E-state index is 0.0581. The molecule has 0 atom stereocenters. The summed E-state index contributed by atoms with van der Waals surface area (Å²) >= 11 is 0. The summed E-state index contributed by atoms with van der Waals surface area (Å²) in [5.41, 5.74) is 2.37. The number of para-hydroxylation sites is 1. The summed E-state index contributed by atoms with van der Waals surface area (Å²) < 4.78 is 2.64. The summed E-state index contributed by atoms with van der Waals surface area (Å²) in [7, 11) is 0. The Balaban J connectivity index is 1.51. The molecule has 2 aromatic carbocycles. The van der Waals surface area contributed by atoms with Crippen LogP contribution in [0.15, 0.2) is 58.1 Å². The maximum Gasteiger partial charge on any atom is 0.331 e. The van der Waals surface area contributed by atoms with Gasteiger partial charge in [0, 0.05) is 39.3 Å². The third-order valence-corrected chi connectivity index (χ3v) is 6.34. The second-order valence-electron chi connectivity index (χ2n) is 8.37. The molecule has 1 aliphatic rings. The van der Waals surface area contributed by atoms with Crippen LogP contribution in [0.3, 0.4) is 0 Å². The van der Waals surface area contributed by atoms with Crippen LogP contribution in [0.2, 0.25) is 0 Å². The van der Waals surface area contributed by atoms with E-state index < -0.39 is 5.69 Å². The largest absolute Gasteiger partial charge is 0.340 e. The Morgan fingerprint density at radius 2 is 1.66 bits per heavy atom. The molecule has 7 heteroatoms. The summed E-state index contributed by atoms with van der Waals surface area (Å²) in [5.74, 6) is -0.0868. The van der Waals surface area contributed by atoms with E-state index in [1.807, 2.05) is 4.90 Å². The highest BCUT2D eigenvalue weighted by Crippen LogP contribution is 2.14. The fourth-order valence-electron chi connectivity index (χ4n) is 4.44. The van der Waals surface area contributed by atoms with Crippen molar-refractivity contribution in [2.45, 2.75) is 39.9 Å². The number of rotatable bonds is 5. The molecule has 0 saturated carbocycles. The van der Waals surface area contributed by atoms with Crippen molar-refractivity contribution in [3.63, 3.8) is 0 Å². The molecule has 1 aromatic heterocycles. The van der Waals surface area contributed by atoms with Gasteiger partial charge in [-0.15, -0.1) is 0 Å². The number of benzene rings is 2. The van der Waals surface area contributed by atoms with Crippen LogP contribution >= 0.6 is 0 Å². The summed E-state index contributed by atoms with van der Waals surface area (Å²) in [6, 6.07) is 15.4. The average Bonchev–Trinajstić information content (AvgIpc) is 3.04. The molecule has 0 bridgehead atoms. The minimum atomic E-state index is -0.430. The fraction of sp³-hybridized carbons (Fsp3) is 0.400. The van der Waals surface area contributed by atoms with E-state index >= 15 is 0 Å². The normalized spacial score (nSPS) is 15.1. The van der Waals surface area contributed by atoms with Gasteiger partial charge in [0.15, 0.2) is 0 Å². The molecule has 0 unspecified atom stereocenters. The van der Waals surface area contributed by atoms with Crippen LogP contribution < -0.4 is 11.2 Å². The number of aryl methyl sites for hydroxylation is 1. The Bertz CT molecular complexity index is 1240. The van der Waals surface area contributed by atoms with Crippen LogP contribution in [0, 0.1) is 6.92 Å². The first-order chi connectivity index (χ1) is 15.5. The number of carbonyl (C=O) groups is 1. The lowest BCUT2D eigenvalue weighted by Crippen LogP contribution is -2.44. The summed E-state index contributed by atoms with van der Waals surface area (Å²) in [4.78, 5) is 43.0. The van der Waals surface area contributed by atoms with E-state index in [4.69, 9.17) is 0 Å². The maximum absolute atomic E-state index is 13.2. The zero-order valence-corrected chi connectivity index (χ0v) is 18.8. The second kappa shape index (κ2) is 9.53. The molecule has 3 aromatic rings. The van der Waals surface area contributed by atoms with Gasteiger partial charge in [0.05, 0.1) is 10.9 Å². The number of carbonyl (C=O) groups excluding carboxylic acids is 1. The van der Waals surface area contributed by atoms with Crippen molar-refractivity contribution in [2.24, 2.45) is 0 Å². The van der Waals surface area contributed by atoms with Gasteiger partial charge in [-0.05, 0) is 43.5 Å². The van der Waals surface area contributed by atoms with Crippen molar-refractivity contribution in [3.8, 4) is 0 Å². The van der Waals surface area contributed by atoms with Crippen LogP contribution in [0.25, 0.3) is 10.9 Å². The summed E-state index contributed by atoms with van der Waals surface area (Å²) in [5, 5.41) is 0.460. The standard InChI is InChI=1S/C25H30N4O3/c1-3-28-24(31)21-11-6-7-12-22(21)29(25(28)32)18-23(30)27-14-8-13-26(15-16-27)17-20-10-5-4-9-19(20)2/h4-7,9-12H,3,8,13-18H2,1-2H3. The van der Waals surface area contributed by atoms with E-state index in [1.165, 1.54) is 20.3 Å². The first-order valence-corrected chi connectivity index (χ1v) is 11.3. The Morgan fingerprint density at radius 3 is 2.44 bits per heavy atom. The second-order valence-corrected chi connectivity index (χ2v) is 8.37. The van der Waals surface area contributed by atoms with Gasteiger partial charge in [-0.1, -0.05) is 36.4 Å². The van der Waals surface area contributed by atoms with Gasteiger partial charge in [-0.25, -0.2) is 4.79 Å². The highest BCUT2D eigenvalue weighted by Gasteiger charge is 2.22. The zero-order valence-electron chi connectivity index (χ0n) is 18.8. The van der Waals surface area contributed by atoms with Crippen LogP contribution in [0.1, 0.15) is 24.5 Å². The first kappa shape index (κ1) is 22.0. The van der Waals surface area contributed by atoms with E-state index in [0.717, 1.165) is 26.1 Å². The Hall–Kier alpha value is -3.19. The smallest absolute Gasteiger partial charge is 0.331 e. The SMILES string of the molecule is CCn1c(=O)c2ccccc2n(CC(=O)N2CCCN(Cc3ccccc3C)CC2)c1=O. The van der Waals surface area contributed by atoms with Crippen molar-refractivity contribution in [1.82, 2.24) is 18.9 Å². The van der Waals surface area contributed by atoms with E-state index in [0.29, 0.717) is 24.0 Å². The van der Waals surface area contributed by atoms with Crippen LogP contribution in [-0.2, 0) is 24.4 Å². The van der Waals surface area contributed by atoms with E-state index in [9.17, 15) is 14.4 Å². The molecule has 0 N–H and O–H groups in total. The predicted octanol–water partition coefficient (Wildman–Crippen LogP) is 2.23. The number of fused-ring (bicyclic) bond motifs is 1. The van der Waals surface area contributed by atoms with Crippen LogP contribution in [-0.4, -0.2) is 51.0 Å². The molecule has 1 aliphatic heterocycles. The molecule has 2 heterocycles. The van der Waals surface area contributed by atoms with E-state index in [2.05, 4.69) is 36.1 Å². The monoisotopic (exact) mass is 434 g/mol. The third kappa shape index (κ3) is 4.39. The molecule has 0 aliphatic carbocycles. The van der Waals surface area contributed by atoms with Crippen molar-refractivity contribution in [1.29, 1.82) is 0 Å². The van der Waals surface area contributed by atoms with Gasteiger partial charge in [0.2, 0.25) is 5.91 Å². The highest BCUT2D eigenvalue weighted by molar-refractivity contribution is 5.81. The van der Waals surface area contributed by atoms with Gasteiger partial charge in [-0.3, -0.25) is 23.6 Å². The molecule has 0 radical (unpaired) electrons. The molecule has 7 nitrogen and oxygen atoms in total. The molecule has 32 heavy (non-hydrogen) atoms. The van der Waals surface area contributed by atoms with Crippen LogP contribution in [0.5, 0.6) is 0 Å². The zero-order chi connectivity index (χ0) is 22.7. The summed E-state index contributed by atoms with van der Waals surface area (Å²) in [6.45, 7) is 8.01. The Labute approximate surface area is 187 Å². The minimum Gasteiger partial charge on any atom is -0.340 e. The summed E-state index contributed by atoms with van der Waals surface area (Å²) in [6.07, 6.45) is 0.891. The molecule has 0 spiro atoms. The van der Waals surface area contributed by atoms with Gasteiger partial charge >= 0.3 is 5.69 Å². The number of nitrogens with zero attached hydrogens (tertiary/aromatic N) is 4. The molecular formula is C25H30N4O3. The molecule has 1 saturated heterocycles. The highest BCUT2D eigenvalue weighted by atomic mass is 16.2. The van der Waals surface area contributed by atoms with Crippen molar-refractivity contribution < 1.29 is 4.79 Å². The molecule has 168 valence electrons. The lowest BCUT2D eigenvalue weighted by Gasteiger charge is -2.23. The van der Waals surface area contributed by atoms with E-state index in [-0.39, 0.29) is 24.6 Å². The predicted molar refractivity (Wildman–Crippen MR) is 126 cm³/mol. The Morgan fingerprint density at radius 1 is 0.906 bits per heavy atom. The molecule has 1 fully saturated rings. The number of amides is 1. The Kier molecular flexibility index (Phi) is 6.55. The third-order valence-electron chi connectivity index (χ3n) is 6.34. The van der Waals surface area contributed by atoms with Crippen LogP contribution in [0.4, 0.5) is 0 Å². The quantitative estimate of drug-likeness (QED) is 0.618. The number of hydrogen-bond acceptors (Lipinski definition) is 4. The van der Waals surface area contributed by atoms with Gasteiger partial charge < -0.3 is 4.90 Å². The van der Waals surface area contributed by atoms with Gasteiger partial charge in [-0.2, -0.15) is 0 Å². The first-order valence-electron chi connectivity index (χ1n) is 11.3. The van der Waals surface area contributed by atoms with Gasteiger partial charge in [0.25, 0.3) is 5.56 Å². The molecule has 4 rings (SSSR count). The topological polar surface area (TPSA) is 67.6 Å². The van der Waals surface area contributed by atoms with Gasteiger partial charge in [0.1, 0.15) is 6.54 Å². The number of aromatic nitrogens is 2. The lowest BCUT2D eigenvalue weighted by atomic mass is 10.1. The maximum atomic E-state index is 13.2. The van der Waals surface area contributed by atoms with Crippen molar-refractivity contribution in [2.75, 3.05) is 26.2 Å². The van der Waals surface area contributed by atoms with E-state index in [1.54, 1.807) is 31.2 Å². The van der Waals surface area contributed by atoms with Crippen molar-refractivity contribution in [3.05, 3.63) is 80.5 Å². The lowest BCUT2D eigenvalue weighted by molar-refractivity contribution is -0.131.